The van der Waals surface area contributed by atoms with Crippen molar-refractivity contribution in [1.29, 1.82) is 0 Å². The number of likely N-dealkylation sites (N-methyl/N-ethyl adjacent to an activating group) is 1. The second-order valence-corrected chi connectivity index (χ2v) is 7.33. The fourth-order valence-electron chi connectivity index (χ4n) is 3.58. The molecule has 0 saturated carbocycles. The second kappa shape index (κ2) is 7.89. The van der Waals surface area contributed by atoms with E-state index in [9.17, 15) is 4.79 Å². The maximum atomic E-state index is 12.6. The standard InChI is InChI=1S/C23H25N3O2/c1-16-19-8-3-4-9-20(19)28-21(16)15-26(2)22(27)11-10-17-13-18-7-5-6-12-24-23(18)25-14-17/h3-4,8-11,13-14H,5-7,12,15H2,1-2H3,(H,24,25). The number of aromatic nitrogens is 1. The van der Waals surface area contributed by atoms with Gasteiger partial charge in [0, 0.05) is 36.8 Å². The number of hydrogen-bond acceptors (Lipinski definition) is 4. The van der Waals surface area contributed by atoms with Gasteiger partial charge in [-0.2, -0.15) is 0 Å². The van der Waals surface area contributed by atoms with Gasteiger partial charge in [-0.15, -0.1) is 0 Å². The molecule has 3 aromatic rings. The number of anilines is 1. The van der Waals surface area contributed by atoms with Gasteiger partial charge in [-0.05, 0) is 55.5 Å². The molecule has 144 valence electrons. The number of rotatable bonds is 4. The lowest BCUT2D eigenvalue weighted by molar-refractivity contribution is -0.125. The summed E-state index contributed by atoms with van der Waals surface area (Å²) in [6, 6.07) is 10.1. The van der Waals surface area contributed by atoms with Crippen molar-refractivity contribution in [3.63, 3.8) is 0 Å². The monoisotopic (exact) mass is 375 g/mol. The predicted octanol–water partition coefficient (Wildman–Crippen LogP) is 4.56. The average Bonchev–Trinajstić information content (AvgIpc) is 2.88. The summed E-state index contributed by atoms with van der Waals surface area (Å²) in [5.74, 6) is 1.73. The van der Waals surface area contributed by atoms with Gasteiger partial charge in [0.05, 0.1) is 6.54 Å². The fourth-order valence-corrected chi connectivity index (χ4v) is 3.58. The number of nitrogens with one attached hydrogen (secondary N) is 1. The van der Waals surface area contributed by atoms with Crippen LogP contribution < -0.4 is 5.32 Å². The van der Waals surface area contributed by atoms with E-state index < -0.39 is 0 Å². The smallest absolute Gasteiger partial charge is 0.246 e. The van der Waals surface area contributed by atoms with E-state index in [4.69, 9.17) is 4.42 Å². The molecule has 1 N–H and O–H groups in total. The topological polar surface area (TPSA) is 58.4 Å². The van der Waals surface area contributed by atoms with Gasteiger partial charge >= 0.3 is 0 Å². The lowest BCUT2D eigenvalue weighted by Gasteiger charge is -2.14. The van der Waals surface area contributed by atoms with Crippen molar-refractivity contribution < 1.29 is 9.21 Å². The number of pyridine rings is 1. The van der Waals surface area contributed by atoms with E-state index in [1.807, 2.05) is 43.5 Å². The van der Waals surface area contributed by atoms with Crippen molar-refractivity contribution in [1.82, 2.24) is 9.88 Å². The van der Waals surface area contributed by atoms with Gasteiger partial charge in [-0.1, -0.05) is 18.2 Å². The number of fused-ring (bicyclic) bond motifs is 2. The summed E-state index contributed by atoms with van der Waals surface area (Å²) in [6.45, 7) is 3.44. The predicted molar refractivity (Wildman–Crippen MR) is 112 cm³/mol. The highest BCUT2D eigenvalue weighted by atomic mass is 16.3. The third-order valence-corrected chi connectivity index (χ3v) is 5.27. The van der Waals surface area contributed by atoms with Crippen molar-refractivity contribution in [2.75, 3.05) is 18.9 Å². The van der Waals surface area contributed by atoms with Gasteiger partial charge in [0.1, 0.15) is 17.2 Å². The van der Waals surface area contributed by atoms with E-state index in [1.165, 1.54) is 5.56 Å². The SMILES string of the molecule is Cc1c(CN(C)C(=O)C=Cc2cnc3c(c2)CCCCN3)oc2ccccc12. The largest absolute Gasteiger partial charge is 0.459 e. The molecule has 1 aromatic carbocycles. The van der Waals surface area contributed by atoms with Gasteiger partial charge in [0.2, 0.25) is 5.91 Å². The van der Waals surface area contributed by atoms with Crippen LogP contribution in [-0.4, -0.2) is 29.4 Å². The molecule has 3 heterocycles. The minimum Gasteiger partial charge on any atom is -0.459 e. The Morgan fingerprint density at radius 3 is 3.04 bits per heavy atom. The Labute approximate surface area is 165 Å². The number of furan rings is 1. The molecule has 5 heteroatoms. The normalized spacial score (nSPS) is 13.9. The zero-order valence-corrected chi connectivity index (χ0v) is 16.4. The van der Waals surface area contributed by atoms with Crippen LogP contribution in [0.25, 0.3) is 17.0 Å². The lowest BCUT2D eigenvalue weighted by Crippen LogP contribution is -2.24. The Morgan fingerprint density at radius 2 is 2.18 bits per heavy atom. The number of aryl methyl sites for hydroxylation is 2. The number of carbonyl (C=O) groups excluding carboxylic acids is 1. The zero-order valence-electron chi connectivity index (χ0n) is 16.4. The van der Waals surface area contributed by atoms with Crippen LogP contribution >= 0.6 is 0 Å². The van der Waals surface area contributed by atoms with E-state index in [1.54, 1.807) is 18.0 Å². The summed E-state index contributed by atoms with van der Waals surface area (Å²) in [5, 5.41) is 4.45. The molecular weight excluding hydrogens is 350 g/mol. The molecule has 4 rings (SSSR count). The number of nitrogens with zero attached hydrogens (tertiary/aromatic N) is 2. The molecule has 0 radical (unpaired) electrons. The molecule has 1 aliphatic heterocycles. The Balaban J connectivity index is 1.45. The van der Waals surface area contributed by atoms with Crippen molar-refractivity contribution in [2.45, 2.75) is 32.7 Å². The van der Waals surface area contributed by atoms with Gasteiger partial charge < -0.3 is 14.6 Å². The van der Waals surface area contributed by atoms with Gasteiger partial charge in [-0.3, -0.25) is 4.79 Å². The van der Waals surface area contributed by atoms with Crippen LogP contribution in [0.1, 0.15) is 35.3 Å². The molecule has 0 unspecified atom stereocenters. The number of carbonyl (C=O) groups is 1. The molecule has 28 heavy (non-hydrogen) atoms. The minimum absolute atomic E-state index is 0.0621. The van der Waals surface area contributed by atoms with Crippen LogP contribution in [0.5, 0.6) is 0 Å². The minimum atomic E-state index is -0.0621. The van der Waals surface area contributed by atoms with Crippen LogP contribution in [0, 0.1) is 6.92 Å². The van der Waals surface area contributed by atoms with Crippen molar-refractivity contribution in [3.8, 4) is 0 Å². The third-order valence-electron chi connectivity index (χ3n) is 5.27. The van der Waals surface area contributed by atoms with Crippen LogP contribution in [0.15, 0.2) is 47.0 Å². The molecular formula is C23H25N3O2. The molecule has 2 aromatic heterocycles. The molecule has 1 amide bonds. The number of amides is 1. The number of hydrogen-bond donors (Lipinski definition) is 1. The lowest BCUT2D eigenvalue weighted by atomic mass is 10.1. The number of para-hydroxylation sites is 1. The Kier molecular flexibility index (Phi) is 5.15. The van der Waals surface area contributed by atoms with Gasteiger partial charge in [-0.25, -0.2) is 4.98 Å². The Bertz CT molecular complexity index is 1040. The number of benzene rings is 1. The van der Waals surface area contributed by atoms with Gasteiger partial charge in [0.25, 0.3) is 0 Å². The highest BCUT2D eigenvalue weighted by molar-refractivity contribution is 5.91. The summed E-state index contributed by atoms with van der Waals surface area (Å²) in [4.78, 5) is 18.7. The first kappa shape index (κ1) is 18.3. The molecule has 0 saturated heterocycles. The maximum Gasteiger partial charge on any atom is 0.246 e. The molecule has 1 aliphatic rings. The van der Waals surface area contributed by atoms with E-state index in [0.29, 0.717) is 6.54 Å². The van der Waals surface area contributed by atoms with Crippen molar-refractivity contribution in [3.05, 3.63) is 65.1 Å². The van der Waals surface area contributed by atoms with Crippen LogP contribution in [0.4, 0.5) is 5.82 Å². The maximum absolute atomic E-state index is 12.6. The molecule has 5 nitrogen and oxygen atoms in total. The van der Waals surface area contributed by atoms with E-state index in [-0.39, 0.29) is 5.91 Å². The second-order valence-electron chi connectivity index (χ2n) is 7.33. The van der Waals surface area contributed by atoms with E-state index >= 15 is 0 Å². The van der Waals surface area contributed by atoms with Crippen molar-refractivity contribution >= 4 is 28.8 Å². The fraction of sp³-hybridized carbons (Fsp3) is 0.304. The molecule has 0 fully saturated rings. The first-order valence-electron chi connectivity index (χ1n) is 9.75. The highest BCUT2D eigenvalue weighted by Gasteiger charge is 2.14. The summed E-state index contributed by atoms with van der Waals surface area (Å²) >= 11 is 0. The molecule has 0 aliphatic carbocycles. The van der Waals surface area contributed by atoms with E-state index in [0.717, 1.165) is 59.5 Å². The van der Waals surface area contributed by atoms with E-state index in [2.05, 4.69) is 16.4 Å². The molecule has 0 spiro atoms. The average molecular weight is 375 g/mol. The first-order valence-corrected chi connectivity index (χ1v) is 9.75. The summed E-state index contributed by atoms with van der Waals surface area (Å²) in [7, 11) is 1.79. The Hall–Kier alpha value is -3.08. The Morgan fingerprint density at radius 1 is 1.32 bits per heavy atom. The van der Waals surface area contributed by atoms with Gasteiger partial charge in [0.15, 0.2) is 0 Å². The zero-order chi connectivity index (χ0) is 19.5. The molecule has 0 bridgehead atoms. The first-order chi connectivity index (χ1) is 13.6. The summed E-state index contributed by atoms with van der Waals surface area (Å²) < 4.78 is 5.92. The molecule has 0 atom stereocenters. The summed E-state index contributed by atoms with van der Waals surface area (Å²) in [5.41, 5.74) is 4.11. The van der Waals surface area contributed by atoms with Crippen LogP contribution in [-0.2, 0) is 17.8 Å². The quantitative estimate of drug-likeness (QED) is 0.680. The van der Waals surface area contributed by atoms with Crippen molar-refractivity contribution in [2.24, 2.45) is 0 Å². The van der Waals surface area contributed by atoms with Crippen LogP contribution in [0.2, 0.25) is 0 Å². The third kappa shape index (κ3) is 3.79. The summed E-state index contributed by atoms with van der Waals surface area (Å²) in [6.07, 6.45) is 8.59. The highest BCUT2D eigenvalue weighted by Crippen LogP contribution is 2.26. The van der Waals surface area contributed by atoms with Crippen LogP contribution in [0.3, 0.4) is 0 Å².